The van der Waals surface area contributed by atoms with Gasteiger partial charge in [0.25, 0.3) is 0 Å². The number of fused-ring (bicyclic) bond motifs is 1. The van der Waals surface area contributed by atoms with Gasteiger partial charge in [0.15, 0.2) is 0 Å². The van der Waals surface area contributed by atoms with Crippen LogP contribution in [0.15, 0.2) is 54.7 Å². The molecule has 0 bridgehead atoms. The third-order valence-electron chi connectivity index (χ3n) is 4.95. The maximum absolute atomic E-state index is 12.6. The molecule has 3 aromatic rings. The van der Waals surface area contributed by atoms with E-state index in [4.69, 9.17) is 22.3 Å². The molecule has 29 heavy (non-hydrogen) atoms. The largest absolute Gasteiger partial charge is 0.318 e. The zero-order valence-corrected chi connectivity index (χ0v) is 17.4. The first kappa shape index (κ1) is 19.4. The van der Waals surface area contributed by atoms with E-state index in [1.165, 1.54) is 5.56 Å². The van der Waals surface area contributed by atoms with Gasteiger partial charge in [-0.05, 0) is 32.9 Å². The molecular weight excluding hydrogens is 384 g/mol. The van der Waals surface area contributed by atoms with Gasteiger partial charge < -0.3 is 10.6 Å². The lowest BCUT2D eigenvalue weighted by molar-refractivity contribution is -0.133. The number of rotatable bonds is 3. The highest BCUT2D eigenvalue weighted by molar-refractivity contribution is 6.30. The number of hydrogen-bond acceptors (Lipinski definition) is 3. The van der Waals surface area contributed by atoms with E-state index in [2.05, 4.69) is 31.2 Å². The molecule has 1 amide bonds. The summed E-state index contributed by atoms with van der Waals surface area (Å²) in [7, 11) is 0. The van der Waals surface area contributed by atoms with Gasteiger partial charge in [0, 0.05) is 28.5 Å². The average Bonchev–Trinajstić information content (AvgIpc) is 3.06. The van der Waals surface area contributed by atoms with E-state index < -0.39 is 5.54 Å². The predicted molar refractivity (Wildman–Crippen MR) is 117 cm³/mol. The maximum atomic E-state index is 12.6. The van der Waals surface area contributed by atoms with Gasteiger partial charge in [-0.25, -0.2) is 4.98 Å². The fraction of sp³-hybridized carbons (Fsp3) is 0.217. The van der Waals surface area contributed by atoms with E-state index in [0.29, 0.717) is 11.6 Å². The molecular formula is C23H23ClN4O. The van der Waals surface area contributed by atoms with Crippen LogP contribution in [0.2, 0.25) is 5.02 Å². The highest BCUT2D eigenvalue weighted by Gasteiger charge is 2.30. The number of imidazole rings is 1. The number of hydrogen-bond donors (Lipinski definition) is 1. The van der Waals surface area contributed by atoms with Gasteiger partial charge in [0.2, 0.25) is 5.91 Å². The lowest BCUT2D eigenvalue weighted by atomic mass is 10.0. The van der Waals surface area contributed by atoms with Crippen LogP contribution >= 0.6 is 11.6 Å². The van der Waals surface area contributed by atoms with Crippen molar-refractivity contribution in [2.24, 2.45) is 5.73 Å². The number of halogens is 1. The van der Waals surface area contributed by atoms with E-state index in [0.717, 1.165) is 28.3 Å². The van der Waals surface area contributed by atoms with Crippen molar-refractivity contribution in [1.29, 1.82) is 0 Å². The molecule has 0 aliphatic carbocycles. The number of aryl methyl sites for hydroxylation is 1. The quantitative estimate of drug-likeness (QED) is 0.686. The Labute approximate surface area is 175 Å². The van der Waals surface area contributed by atoms with Crippen molar-refractivity contribution in [3.05, 3.63) is 71.1 Å². The Bertz CT molecular complexity index is 1090. The number of nitrogens with two attached hydrogens (primary N) is 1. The van der Waals surface area contributed by atoms with Crippen LogP contribution in [-0.4, -0.2) is 25.9 Å². The van der Waals surface area contributed by atoms with Crippen LogP contribution in [0, 0.1) is 6.92 Å². The van der Waals surface area contributed by atoms with Crippen molar-refractivity contribution in [2.75, 3.05) is 0 Å². The molecule has 0 spiro atoms. The molecule has 0 unspecified atom stereocenters. The van der Waals surface area contributed by atoms with Crippen molar-refractivity contribution in [3.63, 3.8) is 0 Å². The Kier molecular flexibility index (Phi) is 4.81. The van der Waals surface area contributed by atoms with Crippen LogP contribution in [0.25, 0.3) is 28.7 Å². The molecule has 2 N–H and O–H groups in total. The van der Waals surface area contributed by atoms with Crippen molar-refractivity contribution < 1.29 is 4.79 Å². The molecule has 0 fully saturated rings. The Balaban J connectivity index is 1.85. The number of carbonyl (C=O) groups is 1. The highest BCUT2D eigenvalue weighted by atomic mass is 35.5. The molecule has 1 aromatic heterocycles. The van der Waals surface area contributed by atoms with Crippen LogP contribution in [0.5, 0.6) is 0 Å². The second-order valence-corrected chi connectivity index (χ2v) is 8.36. The molecule has 2 heterocycles. The molecule has 2 aromatic carbocycles. The average molecular weight is 407 g/mol. The van der Waals surface area contributed by atoms with Crippen LogP contribution < -0.4 is 5.73 Å². The van der Waals surface area contributed by atoms with Gasteiger partial charge in [-0.3, -0.25) is 9.36 Å². The molecule has 0 saturated heterocycles. The van der Waals surface area contributed by atoms with E-state index in [-0.39, 0.29) is 5.91 Å². The summed E-state index contributed by atoms with van der Waals surface area (Å²) in [6.07, 6.45) is 3.65. The first-order valence-electron chi connectivity index (χ1n) is 9.46. The zero-order chi connectivity index (χ0) is 20.8. The fourth-order valence-electron chi connectivity index (χ4n) is 3.41. The van der Waals surface area contributed by atoms with Gasteiger partial charge >= 0.3 is 0 Å². The van der Waals surface area contributed by atoms with Crippen molar-refractivity contribution in [1.82, 2.24) is 14.5 Å². The van der Waals surface area contributed by atoms with Crippen molar-refractivity contribution in [3.8, 4) is 22.5 Å². The normalized spacial score (nSPS) is 13.5. The molecule has 0 radical (unpaired) electrons. The standard InChI is InChI=1S/C23H23ClN4O/c1-15-4-6-17(7-5-15)21-20(16-8-10-18(24)11-9-16)26-19-14-27(12-13-28(19)21)22(29)23(2,3)25/h4-13H,14,25H2,1-3H3. The molecule has 148 valence electrons. The van der Waals surface area contributed by atoms with Gasteiger partial charge in [-0.15, -0.1) is 0 Å². The Morgan fingerprint density at radius 3 is 2.28 bits per heavy atom. The van der Waals surface area contributed by atoms with Gasteiger partial charge in [-0.2, -0.15) is 0 Å². The first-order valence-corrected chi connectivity index (χ1v) is 9.84. The minimum absolute atomic E-state index is 0.145. The lowest BCUT2D eigenvalue weighted by Gasteiger charge is -2.28. The smallest absolute Gasteiger partial charge is 0.246 e. The maximum Gasteiger partial charge on any atom is 0.246 e. The Hall–Kier alpha value is -2.89. The molecule has 4 rings (SSSR count). The Morgan fingerprint density at radius 1 is 1.03 bits per heavy atom. The summed E-state index contributed by atoms with van der Waals surface area (Å²) in [5.41, 5.74) is 10.1. The van der Waals surface area contributed by atoms with E-state index in [1.807, 2.05) is 35.0 Å². The minimum atomic E-state index is -0.947. The fourth-order valence-corrected chi connectivity index (χ4v) is 3.54. The topological polar surface area (TPSA) is 64.2 Å². The Morgan fingerprint density at radius 2 is 1.66 bits per heavy atom. The summed E-state index contributed by atoms with van der Waals surface area (Å²) in [5.74, 6) is 0.638. The van der Waals surface area contributed by atoms with Crippen LogP contribution in [0.3, 0.4) is 0 Å². The number of benzene rings is 2. The SMILES string of the molecule is Cc1ccc(-c2c(-c3ccc(Cl)cc3)nc3n2C=CN(C(=O)C(C)(C)N)C3)cc1. The second-order valence-electron chi connectivity index (χ2n) is 7.92. The molecule has 0 saturated carbocycles. The van der Waals surface area contributed by atoms with E-state index in [1.54, 1.807) is 24.9 Å². The van der Waals surface area contributed by atoms with Gasteiger partial charge in [-0.1, -0.05) is 53.6 Å². The summed E-state index contributed by atoms with van der Waals surface area (Å²) in [4.78, 5) is 19.2. The molecule has 1 aliphatic heterocycles. The first-order chi connectivity index (χ1) is 13.7. The lowest BCUT2D eigenvalue weighted by Crippen LogP contribution is -2.49. The zero-order valence-electron chi connectivity index (χ0n) is 16.7. The predicted octanol–water partition coefficient (Wildman–Crippen LogP) is 4.69. The van der Waals surface area contributed by atoms with E-state index >= 15 is 0 Å². The van der Waals surface area contributed by atoms with Crippen LogP contribution in [0.1, 0.15) is 25.2 Å². The molecule has 1 aliphatic rings. The molecule has 5 nitrogen and oxygen atoms in total. The number of carbonyl (C=O) groups excluding carboxylic acids is 1. The van der Waals surface area contributed by atoms with Gasteiger partial charge in [0.1, 0.15) is 5.82 Å². The highest BCUT2D eigenvalue weighted by Crippen LogP contribution is 2.35. The summed E-state index contributed by atoms with van der Waals surface area (Å²) in [6.45, 7) is 5.85. The second kappa shape index (κ2) is 7.17. The summed E-state index contributed by atoms with van der Waals surface area (Å²) in [5, 5.41) is 0.677. The summed E-state index contributed by atoms with van der Waals surface area (Å²) < 4.78 is 2.04. The number of amides is 1. The van der Waals surface area contributed by atoms with Crippen LogP contribution in [-0.2, 0) is 11.3 Å². The summed E-state index contributed by atoms with van der Waals surface area (Å²) in [6, 6.07) is 16.0. The molecule has 6 heteroatoms. The third kappa shape index (κ3) is 3.71. The number of aromatic nitrogens is 2. The number of nitrogens with zero attached hydrogens (tertiary/aromatic N) is 3. The van der Waals surface area contributed by atoms with Crippen molar-refractivity contribution >= 4 is 23.7 Å². The van der Waals surface area contributed by atoms with E-state index in [9.17, 15) is 4.79 Å². The summed E-state index contributed by atoms with van der Waals surface area (Å²) >= 11 is 6.08. The monoisotopic (exact) mass is 406 g/mol. The minimum Gasteiger partial charge on any atom is -0.318 e. The van der Waals surface area contributed by atoms with Gasteiger partial charge in [0.05, 0.1) is 23.5 Å². The van der Waals surface area contributed by atoms with Crippen LogP contribution in [0.4, 0.5) is 0 Å². The van der Waals surface area contributed by atoms with Crippen molar-refractivity contribution in [2.45, 2.75) is 32.9 Å². The third-order valence-corrected chi connectivity index (χ3v) is 5.20. The molecule has 0 atom stereocenters.